The summed E-state index contributed by atoms with van der Waals surface area (Å²) in [5.74, 6) is 0.0678. The van der Waals surface area contributed by atoms with Gasteiger partial charge in [-0.05, 0) is 36.1 Å². The van der Waals surface area contributed by atoms with Crippen molar-refractivity contribution in [1.82, 2.24) is 0 Å². The molecule has 0 amide bonds. The monoisotopic (exact) mass is 443 g/mol. The topological polar surface area (TPSA) is 78.7 Å². The number of nitro groups is 1. The fraction of sp³-hybridized carbons (Fsp3) is 0.458. The number of carbonyl (C=O) groups excluding carboxylic acids is 1. The van der Waals surface area contributed by atoms with Crippen molar-refractivity contribution in [3.05, 3.63) is 69.8 Å². The SMILES string of the molecule is CCOC(=O)C[C@H]1Oc2ccccc2[C@@H](Sc2ccc(C(C)(C)C)cc2)[C@]1(C)[N+](=O)[O-]. The number of esters is 1. The molecule has 6 nitrogen and oxygen atoms in total. The van der Waals surface area contributed by atoms with E-state index in [0.717, 1.165) is 10.5 Å². The lowest BCUT2D eigenvalue weighted by Gasteiger charge is -2.40. The summed E-state index contributed by atoms with van der Waals surface area (Å²) in [6.07, 6.45) is -1.12. The van der Waals surface area contributed by atoms with Crippen LogP contribution in [0.3, 0.4) is 0 Å². The smallest absolute Gasteiger partial charge is 0.309 e. The van der Waals surface area contributed by atoms with Crippen LogP contribution < -0.4 is 4.74 Å². The highest BCUT2D eigenvalue weighted by molar-refractivity contribution is 7.99. The molecule has 0 saturated heterocycles. The number of fused-ring (bicyclic) bond motifs is 1. The maximum absolute atomic E-state index is 12.4. The molecule has 3 rings (SSSR count). The van der Waals surface area contributed by atoms with Crippen LogP contribution in [0.1, 0.15) is 57.4 Å². The lowest BCUT2D eigenvalue weighted by Crippen LogP contribution is -2.56. The van der Waals surface area contributed by atoms with Gasteiger partial charge in [0.15, 0.2) is 6.10 Å². The van der Waals surface area contributed by atoms with Crippen molar-refractivity contribution < 1.29 is 19.2 Å². The van der Waals surface area contributed by atoms with Crippen LogP contribution in [0.25, 0.3) is 0 Å². The third-order valence-electron chi connectivity index (χ3n) is 5.68. The molecule has 31 heavy (non-hydrogen) atoms. The molecule has 0 fully saturated rings. The van der Waals surface area contributed by atoms with Crippen molar-refractivity contribution >= 4 is 17.7 Å². The number of hydrogen-bond acceptors (Lipinski definition) is 6. The van der Waals surface area contributed by atoms with Gasteiger partial charge in [-0.3, -0.25) is 14.9 Å². The predicted octanol–water partition coefficient (Wildman–Crippen LogP) is 5.57. The van der Waals surface area contributed by atoms with Crippen molar-refractivity contribution in [2.75, 3.05) is 6.61 Å². The van der Waals surface area contributed by atoms with Gasteiger partial charge in [0, 0.05) is 22.3 Å². The van der Waals surface area contributed by atoms with Crippen LogP contribution in [-0.2, 0) is 14.9 Å². The molecule has 7 heteroatoms. The Morgan fingerprint density at radius 3 is 2.42 bits per heavy atom. The second kappa shape index (κ2) is 8.91. The second-order valence-corrected chi connectivity index (χ2v) is 10.1. The molecule has 166 valence electrons. The molecule has 1 aliphatic rings. The third kappa shape index (κ3) is 4.71. The minimum absolute atomic E-state index is 0.0224. The molecule has 0 saturated carbocycles. The van der Waals surface area contributed by atoms with Crippen LogP contribution in [0.15, 0.2) is 53.4 Å². The first kappa shape index (κ1) is 23.1. The van der Waals surface area contributed by atoms with E-state index in [2.05, 4.69) is 32.9 Å². The van der Waals surface area contributed by atoms with E-state index in [1.807, 2.05) is 30.3 Å². The Kier molecular flexibility index (Phi) is 6.65. The van der Waals surface area contributed by atoms with E-state index in [1.165, 1.54) is 17.3 Å². The van der Waals surface area contributed by atoms with Gasteiger partial charge >= 0.3 is 5.97 Å². The summed E-state index contributed by atoms with van der Waals surface area (Å²) < 4.78 is 11.1. The molecule has 0 bridgehead atoms. The highest BCUT2D eigenvalue weighted by Gasteiger charge is 2.59. The summed E-state index contributed by atoms with van der Waals surface area (Å²) in [5.41, 5.74) is 0.455. The van der Waals surface area contributed by atoms with Gasteiger partial charge in [-0.25, -0.2) is 0 Å². The van der Waals surface area contributed by atoms with E-state index in [4.69, 9.17) is 9.47 Å². The molecule has 0 aromatic heterocycles. The summed E-state index contributed by atoms with van der Waals surface area (Å²) in [6.45, 7) is 9.93. The van der Waals surface area contributed by atoms with E-state index in [9.17, 15) is 14.9 Å². The van der Waals surface area contributed by atoms with Gasteiger partial charge in [-0.1, -0.05) is 51.1 Å². The molecule has 3 atom stereocenters. The number of benzene rings is 2. The van der Waals surface area contributed by atoms with Crippen LogP contribution >= 0.6 is 11.8 Å². The van der Waals surface area contributed by atoms with Crippen molar-refractivity contribution in [2.45, 2.75) is 68.2 Å². The maximum atomic E-state index is 12.4. The number of hydrogen-bond donors (Lipinski definition) is 0. The lowest BCUT2D eigenvalue weighted by atomic mass is 9.83. The molecular weight excluding hydrogens is 414 g/mol. The molecule has 1 aliphatic heterocycles. The average molecular weight is 444 g/mol. The van der Waals surface area contributed by atoms with Gasteiger partial charge < -0.3 is 9.47 Å². The zero-order chi connectivity index (χ0) is 22.8. The van der Waals surface area contributed by atoms with Gasteiger partial charge in [0.25, 0.3) is 5.54 Å². The second-order valence-electron chi connectivity index (χ2n) is 8.91. The molecule has 0 N–H and O–H groups in total. The number of ether oxygens (including phenoxy) is 2. The van der Waals surface area contributed by atoms with Crippen molar-refractivity contribution in [3.63, 3.8) is 0 Å². The van der Waals surface area contributed by atoms with Gasteiger partial charge in [-0.15, -0.1) is 11.8 Å². The highest BCUT2D eigenvalue weighted by Crippen LogP contribution is 2.53. The van der Waals surface area contributed by atoms with Crippen LogP contribution in [0.2, 0.25) is 0 Å². The summed E-state index contributed by atoms with van der Waals surface area (Å²) in [7, 11) is 0. The number of nitrogens with zero attached hydrogens (tertiary/aromatic N) is 1. The largest absolute Gasteiger partial charge is 0.482 e. The standard InChI is InChI=1S/C24H29NO5S/c1-6-29-21(26)15-20-24(5,25(27)28)22(18-9-7-8-10-19(18)30-20)31-17-13-11-16(12-14-17)23(2,3)4/h7-14,20,22H,6,15H2,1-5H3/t20-,22-,24-/m1/s1. The Labute approximate surface area is 187 Å². The number of rotatable bonds is 6. The number of para-hydroxylation sites is 1. The summed E-state index contributed by atoms with van der Waals surface area (Å²) >= 11 is 1.43. The first-order valence-electron chi connectivity index (χ1n) is 10.4. The quantitative estimate of drug-likeness (QED) is 0.330. The Morgan fingerprint density at radius 2 is 1.84 bits per heavy atom. The molecular formula is C24H29NO5S. The normalized spacial score (nSPS) is 22.9. The Bertz CT molecular complexity index is 953. The molecule has 2 aromatic carbocycles. The predicted molar refractivity (Wildman–Crippen MR) is 121 cm³/mol. The van der Waals surface area contributed by atoms with Crippen molar-refractivity contribution in [3.8, 4) is 5.75 Å². The molecule has 0 aliphatic carbocycles. The summed E-state index contributed by atoms with van der Waals surface area (Å²) in [4.78, 5) is 25.2. The van der Waals surface area contributed by atoms with E-state index in [0.29, 0.717) is 5.75 Å². The Morgan fingerprint density at radius 1 is 1.19 bits per heavy atom. The Balaban J connectivity index is 2.02. The zero-order valence-electron chi connectivity index (χ0n) is 18.6. The summed E-state index contributed by atoms with van der Waals surface area (Å²) in [6, 6.07) is 15.5. The molecule has 0 spiro atoms. The van der Waals surface area contributed by atoms with Crippen LogP contribution in [0.5, 0.6) is 5.75 Å². The molecule has 2 aromatic rings. The van der Waals surface area contributed by atoms with Gasteiger partial charge in [0.2, 0.25) is 0 Å². The maximum Gasteiger partial charge on any atom is 0.309 e. The lowest BCUT2D eigenvalue weighted by molar-refractivity contribution is -0.578. The van der Waals surface area contributed by atoms with E-state index in [1.54, 1.807) is 19.9 Å². The molecule has 1 heterocycles. The molecule has 0 radical (unpaired) electrons. The first-order valence-corrected chi connectivity index (χ1v) is 11.3. The van der Waals surface area contributed by atoms with Gasteiger partial charge in [0.1, 0.15) is 11.0 Å². The Hall–Kier alpha value is -2.54. The minimum Gasteiger partial charge on any atom is -0.482 e. The van der Waals surface area contributed by atoms with Crippen molar-refractivity contribution in [2.24, 2.45) is 0 Å². The minimum atomic E-state index is -1.52. The molecule has 0 unspecified atom stereocenters. The fourth-order valence-electron chi connectivity index (χ4n) is 3.75. The average Bonchev–Trinajstić information content (AvgIpc) is 2.70. The van der Waals surface area contributed by atoms with Crippen LogP contribution in [0, 0.1) is 10.1 Å². The van der Waals surface area contributed by atoms with Gasteiger partial charge in [0.05, 0.1) is 13.0 Å². The zero-order valence-corrected chi connectivity index (χ0v) is 19.4. The number of carbonyl (C=O) groups is 1. The fourth-order valence-corrected chi connectivity index (χ4v) is 5.11. The number of thioether (sulfide) groups is 1. The first-order chi connectivity index (χ1) is 14.6. The third-order valence-corrected chi connectivity index (χ3v) is 7.19. The van der Waals surface area contributed by atoms with Crippen LogP contribution in [0.4, 0.5) is 0 Å². The van der Waals surface area contributed by atoms with E-state index < -0.39 is 22.9 Å². The summed E-state index contributed by atoms with van der Waals surface area (Å²) in [5, 5.41) is 11.8. The van der Waals surface area contributed by atoms with Crippen molar-refractivity contribution in [1.29, 1.82) is 0 Å². The highest BCUT2D eigenvalue weighted by atomic mass is 32.2. The van der Waals surface area contributed by atoms with E-state index >= 15 is 0 Å². The van der Waals surface area contributed by atoms with E-state index in [-0.39, 0.29) is 23.4 Å². The van der Waals surface area contributed by atoms with Gasteiger partial charge in [-0.2, -0.15) is 0 Å². The van der Waals surface area contributed by atoms with Crippen LogP contribution in [-0.4, -0.2) is 29.1 Å².